The Morgan fingerprint density at radius 1 is 1.58 bits per heavy atom. The quantitative estimate of drug-likeness (QED) is 0.720. The maximum Gasteiger partial charge on any atom is 0.190 e. The molecule has 0 aliphatic carbocycles. The van der Waals surface area contributed by atoms with Crippen LogP contribution in [-0.2, 0) is 0 Å². The van der Waals surface area contributed by atoms with E-state index in [9.17, 15) is 0 Å². The second-order valence-electron chi connectivity index (χ2n) is 2.27. The van der Waals surface area contributed by atoms with E-state index in [2.05, 4.69) is 25.9 Å². The molecule has 2 aromatic rings. The van der Waals surface area contributed by atoms with Crippen molar-refractivity contribution in [3.05, 3.63) is 23.1 Å². The predicted molar refractivity (Wildman–Crippen MR) is 52.5 cm³/mol. The third-order valence-electron chi connectivity index (χ3n) is 1.48. The van der Waals surface area contributed by atoms with Gasteiger partial charge in [-0.3, -0.25) is 4.40 Å². The Morgan fingerprint density at radius 2 is 2.42 bits per heavy atom. The van der Waals surface area contributed by atoms with Crippen LogP contribution in [0.1, 0.15) is 0 Å². The Hall–Kier alpha value is -0.550. The third-order valence-corrected chi connectivity index (χ3v) is 2.47. The topological polar surface area (TPSA) is 30.2 Å². The zero-order chi connectivity index (χ0) is 8.55. The molecule has 5 heteroatoms. The molecule has 0 amide bonds. The molecule has 62 valence electrons. The van der Waals surface area contributed by atoms with Crippen LogP contribution in [-0.4, -0.2) is 20.6 Å². The number of nitrogens with zero attached hydrogens (tertiary/aromatic N) is 3. The molecule has 2 rings (SSSR count). The molecule has 0 aliphatic heterocycles. The van der Waals surface area contributed by atoms with E-state index in [1.54, 1.807) is 18.1 Å². The van der Waals surface area contributed by atoms with Crippen LogP contribution < -0.4 is 0 Å². The smallest absolute Gasteiger partial charge is 0.190 e. The summed E-state index contributed by atoms with van der Waals surface area (Å²) in [6, 6.07) is 1.96. The maximum atomic E-state index is 4.30. The monoisotopic (exact) mass is 243 g/mol. The van der Waals surface area contributed by atoms with Crippen LogP contribution in [0.25, 0.3) is 5.65 Å². The zero-order valence-corrected chi connectivity index (χ0v) is 8.76. The van der Waals surface area contributed by atoms with E-state index < -0.39 is 0 Å². The first-order valence-electron chi connectivity index (χ1n) is 3.34. The Kier molecular flexibility index (Phi) is 2.06. The van der Waals surface area contributed by atoms with E-state index in [0.717, 1.165) is 15.3 Å². The Morgan fingerprint density at radius 3 is 3.17 bits per heavy atom. The van der Waals surface area contributed by atoms with Crippen molar-refractivity contribution < 1.29 is 0 Å². The first-order chi connectivity index (χ1) is 5.79. The fourth-order valence-electron chi connectivity index (χ4n) is 0.953. The van der Waals surface area contributed by atoms with Gasteiger partial charge >= 0.3 is 0 Å². The van der Waals surface area contributed by atoms with Crippen molar-refractivity contribution in [1.29, 1.82) is 0 Å². The number of fused-ring (bicyclic) bond motifs is 1. The van der Waals surface area contributed by atoms with E-state index in [-0.39, 0.29) is 0 Å². The summed E-state index contributed by atoms with van der Waals surface area (Å²) in [5.41, 5.74) is 0.918. The summed E-state index contributed by atoms with van der Waals surface area (Å²) in [7, 11) is 0. The SMILES string of the molecule is CSc1ncn2cc(Br)cc2n1. The molecule has 0 fully saturated rings. The Balaban J connectivity index is 2.66. The summed E-state index contributed by atoms with van der Waals surface area (Å²) in [6.45, 7) is 0. The zero-order valence-electron chi connectivity index (χ0n) is 6.36. The van der Waals surface area contributed by atoms with Crippen molar-refractivity contribution in [3.63, 3.8) is 0 Å². The van der Waals surface area contributed by atoms with Crippen LogP contribution >= 0.6 is 27.7 Å². The number of thioether (sulfide) groups is 1. The standard InChI is InChI=1S/C7H6BrN3S/c1-12-7-9-4-11-3-5(8)2-6(11)10-7/h2-4H,1H3. The first-order valence-corrected chi connectivity index (χ1v) is 5.35. The van der Waals surface area contributed by atoms with E-state index >= 15 is 0 Å². The molecule has 12 heavy (non-hydrogen) atoms. The van der Waals surface area contributed by atoms with Crippen molar-refractivity contribution in [1.82, 2.24) is 14.4 Å². The largest absolute Gasteiger partial charge is 0.291 e. The summed E-state index contributed by atoms with van der Waals surface area (Å²) < 4.78 is 2.90. The Bertz CT molecular complexity index is 412. The minimum absolute atomic E-state index is 0.799. The molecule has 0 atom stereocenters. The number of hydrogen-bond donors (Lipinski definition) is 0. The minimum atomic E-state index is 0.799. The van der Waals surface area contributed by atoms with Gasteiger partial charge in [0.1, 0.15) is 12.0 Å². The average molecular weight is 244 g/mol. The molecule has 0 saturated heterocycles. The highest BCUT2D eigenvalue weighted by atomic mass is 79.9. The first kappa shape index (κ1) is 8.07. The van der Waals surface area contributed by atoms with E-state index in [1.165, 1.54) is 0 Å². The van der Waals surface area contributed by atoms with Crippen molar-refractivity contribution in [2.75, 3.05) is 6.26 Å². The van der Waals surface area contributed by atoms with Crippen LogP contribution in [0.15, 0.2) is 28.2 Å². The van der Waals surface area contributed by atoms with Crippen molar-refractivity contribution in [2.24, 2.45) is 0 Å². The highest BCUT2D eigenvalue weighted by molar-refractivity contribution is 9.10. The lowest BCUT2D eigenvalue weighted by atomic mass is 10.6. The van der Waals surface area contributed by atoms with Gasteiger partial charge in [0.25, 0.3) is 0 Å². The summed E-state index contributed by atoms with van der Waals surface area (Å²) in [4.78, 5) is 8.43. The molecule has 3 nitrogen and oxygen atoms in total. The van der Waals surface area contributed by atoms with Gasteiger partial charge in [0, 0.05) is 10.7 Å². The summed E-state index contributed by atoms with van der Waals surface area (Å²) in [6.07, 6.45) is 5.65. The van der Waals surface area contributed by atoms with Crippen LogP contribution in [0, 0.1) is 0 Å². The fraction of sp³-hybridized carbons (Fsp3) is 0.143. The molecular formula is C7H6BrN3S. The molecule has 0 saturated carbocycles. The molecule has 0 bridgehead atoms. The van der Waals surface area contributed by atoms with Crippen molar-refractivity contribution >= 4 is 33.3 Å². The number of halogens is 1. The second-order valence-corrected chi connectivity index (χ2v) is 3.96. The summed E-state index contributed by atoms with van der Waals surface area (Å²) >= 11 is 4.92. The third kappa shape index (κ3) is 1.34. The van der Waals surface area contributed by atoms with Gasteiger partial charge in [0.2, 0.25) is 0 Å². The minimum Gasteiger partial charge on any atom is -0.291 e. The van der Waals surface area contributed by atoms with Gasteiger partial charge < -0.3 is 0 Å². The van der Waals surface area contributed by atoms with Gasteiger partial charge in [-0.05, 0) is 28.3 Å². The summed E-state index contributed by atoms with van der Waals surface area (Å²) in [5, 5.41) is 0.799. The van der Waals surface area contributed by atoms with Crippen molar-refractivity contribution in [2.45, 2.75) is 5.16 Å². The van der Waals surface area contributed by atoms with E-state index in [4.69, 9.17) is 0 Å². The van der Waals surface area contributed by atoms with Gasteiger partial charge in [0.05, 0.1) is 0 Å². The fourth-order valence-corrected chi connectivity index (χ4v) is 1.72. The van der Waals surface area contributed by atoms with Gasteiger partial charge in [-0.15, -0.1) is 0 Å². The Labute approximate surface area is 82.3 Å². The lowest BCUT2D eigenvalue weighted by Crippen LogP contribution is -1.90. The highest BCUT2D eigenvalue weighted by Gasteiger charge is 1.99. The molecule has 0 N–H and O–H groups in total. The molecule has 0 spiro atoms. The molecule has 0 radical (unpaired) electrons. The number of rotatable bonds is 1. The van der Waals surface area contributed by atoms with Gasteiger partial charge in [0.15, 0.2) is 5.16 Å². The number of hydrogen-bond acceptors (Lipinski definition) is 3. The molecule has 2 heterocycles. The van der Waals surface area contributed by atoms with E-state index in [1.807, 2.05) is 22.9 Å². The lowest BCUT2D eigenvalue weighted by Gasteiger charge is -1.94. The predicted octanol–water partition coefficient (Wildman–Crippen LogP) is 2.21. The van der Waals surface area contributed by atoms with Crippen LogP contribution in [0.3, 0.4) is 0 Å². The highest BCUT2D eigenvalue weighted by Crippen LogP contribution is 2.15. The maximum absolute atomic E-state index is 4.30. The molecule has 0 aliphatic rings. The molecule has 2 aromatic heterocycles. The molecule has 0 aromatic carbocycles. The van der Waals surface area contributed by atoms with Crippen LogP contribution in [0.5, 0.6) is 0 Å². The van der Waals surface area contributed by atoms with E-state index in [0.29, 0.717) is 0 Å². The summed E-state index contributed by atoms with van der Waals surface area (Å²) in [5.74, 6) is 0. The molecule has 0 unspecified atom stereocenters. The van der Waals surface area contributed by atoms with Gasteiger partial charge in [-0.2, -0.15) is 0 Å². The molecular weight excluding hydrogens is 238 g/mol. The average Bonchev–Trinajstić information content (AvgIpc) is 2.43. The van der Waals surface area contributed by atoms with Gasteiger partial charge in [-0.1, -0.05) is 11.8 Å². The normalized spacial score (nSPS) is 10.8. The lowest BCUT2D eigenvalue weighted by molar-refractivity contribution is 0.907. The van der Waals surface area contributed by atoms with Crippen molar-refractivity contribution in [3.8, 4) is 0 Å². The van der Waals surface area contributed by atoms with Crippen LogP contribution in [0.2, 0.25) is 0 Å². The van der Waals surface area contributed by atoms with Gasteiger partial charge in [-0.25, -0.2) is 9.97 Å². The second kappa shape index (κ2) is 3.06. The van der Waals surface area contributed by atoms with Crippen LogP contribution in [0.4, 0.5) is 0 Å². The number of aromatic nitrogens is 3.